The summed E-state index contributed by atoms with van der Waals surface area (Å²) in [5.41, 5.74) is 1.31. The molecule has 0 amide bonds. The van der Waals surface area contributed by atoms with Crippen molar-refractivity contribution in [3.8, 4) is 0 Å². The largest absolute Gasteiger partial charge is 0.310 e. The Balaban J connectivity index is 2.22. The first-order chi connectivity index (χ1) is 9.74. The van der Waals surface area contributed by atoms with Gasteiger partial charge in [0.1, 0.15) is 0 Å². The van der Waals surface area contributed by atoms with Crippen LogP contribution in [0.25, 0.3) is 0 Å². The Morgan fingerprint density at radius 2 is 2.15 bits per heavy atom. The summed E-state index contributed by atoms with van der Waals surface area (Å²) in [6.07, 6.45) is 3.97. The number of tetrazole rings is 1. The third-order valence-corrected chi connectivity index (χ3v) is 3.90. The summed E-state index contributed by atoms with van der Waals surface area (Å²) in [5.74, 6) is 0.775. The Kier molecular flexibility index (Phi) is 5.55. The molecule has 2 rings (SSSR count). The monoisotopic (exact) mass is 291 g/mol. The van der Waals surface area contributed by atoms with Gasteiger partial charge >= 0.3 is 0 Å². The highest BCUT2D eigenvalue weighted by molar-refractivity contribution is 7.98. The predicted octanol–water partition coefficient (Wildman–Crippen LogP) is 2.22. The summed E-state index contributed by atoms with van der Waals surface area (Å²) in [7, 11) is 1.79. The molecule has 0 aliphatic rings. The molecule has 0 aliphatic carbocycles. The fraction of sp³-hybridized carbons (Fsp3) is 0.500. The van der Waals surface area contributed by atoms with Crippen molar-refractivity contribution < 1.29 is 0 Å². The molecule has 0 saturated carbocycles. The average Bonchev–Trinajstić information content (AvgIpc) is 2.88. The molecule has 0 fully saturated rings. The lowest BCUT2D eigenvalue weighted by atomic mass is 10.0. The number of rotatable bonds is 7. The lowest BCUT2D eigenvalue weighted by molar-refractivity contribution is 0.511. The zero-order valence-corrected chi connectivity index (χ0v) is 13.0. The highest BCUT2D eigenvalue weighted by atomic mass is 32.2. The summed E-state index contributed by atoms with van der Waals surface area (Å²) in [6.45, 7) is 3.15. The van der Waals surface area contributed by atoms with E-state index in [1.165, 1.54) is 15.3 Å². The molecule has 1 atom stereocenters. The van der Waals surface area contributed by atoms with Crippen molar-refractivity contribution in [3.63, 3.8) is 0 Å². The minimum Gasteiger partial charge on any atom is -0.310 e. The topological polar surface area (TPSA) is 55.6 Å². The van der Waals surface area contributed by atoms with Crippen LogP contribution in [-0.2, 0) is 13.5 Å². The summed E-state index contributed by atoms with van der Waals surface area (Å²) < 4.78 is 0. The van der Waals surface area contributed by atoms with Crippen LogP contribution in [0.5, 0.6) is 0 Å². The van der Waals surface area contributed by atoms with Gasteiger partial charge in [-0.1, -0.05) is 25.1 Å². The van der Waals surface area contributed by atoms with Crippen molar-refractivity contribution in [1.29, 1.82) is 0 Å². The molecule has 108 valence electrons. The van der Waals surface area contributed by atoms with Crippen LogP contribution in [0.4, 0.5) is 0 Å². The summed E-state index contributed by atoms with van der Waals surface area (Å²) in [6, 6.07) is 8.72. The molecular formula is C14H21N5S. The summed E-state index contributed by atoms with van der Waals surface area (Å²) in [4.78, 5) is 2.80. The molecule has 0 saturated heterocycles. The van der Waals surface area contributed by atoms with Gasteiger partial charge in [0.25, 0.3) is 0 Å². The van der Waals surface area contributed by atoms with Crippen LogP contribution >= 0.6 is 11.8 Å². The Labute approximate surface area is 124 Å². The average molecular weight is 291 g/mol. The normalized spacial score (nSPS) is 12.6. The minimum atomic E-state index is 0.225. The number of nitrogens with zero attached hydrogens (tertiary/aromatic N) is 4. The molecule has 0 aliphatic heterocycles. The van der Waals surface area contributed by atoms with Gasteiger partial charge in [0.05, 0.1) is 7.05 Å². The van der Waals surface area contributed by atoms with Crippen LogP contribution < -0.4 is 5.32 Å². The molecule has 0 spiro atoms. The molecule has 20 heavy (non-hydrogen) atoms. The van der Waals surface area contributed by atoms with Crippen LogP contribution in [0.1, 0.15) is 30.8 Å². The van der Waals surface area contributed by atoms with Gasteiger partial charge in [0, 0.05) is 17.4 Å². The van der Waals surface area contributed by atoms with Crippen LogP contribution in [0, 0.1) is 0 Å². The van der Waals surface area contributed by atoms with Crippen molar-refractivity contribution in [2.45, 2.75) is 30.7 Å². The lowest BCUT2D eigenvalue weighted by Gasteiger charge is -2.20. The highest BCUT2D eigenvalue weighted by Crippen LogP contribution is 2.27. The number of aryl methyl sites for hydroxylation is 1. The first-order valence-electron chi connectivity index (χ1n) is 6.83. The maximum atomic E-state index is 4.29. The zero-order valence-electron chi connectivity index (χ0n) is 12.2. The van der Waals surface area contributed by atoms with E-state index in [0.29, 0.717) is 0 Å². The molecular weight excluding hydrogens is 270 g/mol. The van der Waals surface area contributed by atoms with E-state index in [2.05, 4.69) is 58.2 Å². The number of hydrogen-bond donors (Lipinski definition) is 1. The zero-order chi connectivity index (χ0) is 14.4. The molecule has 1 heterocycles. The molecule has 2 aromatic rings. The van der Waals surface area contributed by atoms with Crippen LogP contribution in [-0.4, -0.2) is 33.0 Å². The van der Waals surface area contributed by atoms with Gasteiger partial charge in [-0.05, 0) is 36.1 Å². The minimum absolute atomic E-state index is 0.225. The fourth-order valence-electron chi connectivity index (χ4n) is 2.15. The second-order valence-corrected chi connectivity index (χ2v) is 5.50. The van der Waals surface area contributed by atoms with Gasteiger partial charge in [-0.15, -0.1) is 22.0 Å². The number of thioether (sulfide) groups is 1. The van der Waals surface area contributed by atoms with E-state index in [1.54, 1.807) is 18.8 Å². The summed E-state index contributed by atoms with van der Waals surface area (Å²) >= 11 is 1.77. The second kappa shape index (κ2) is 7.40. The van der Waals surface area contributed by atoms with E-state index in [0.717, 1.165) is 25.2 Å². The van der Waals surface area contributed by atoms with Gasteiger partial charge in [0.2, 0.25) is 0 Å². The van der Waals surface area contributed by atoms with E-state index in [4.69, 9.17) is 0 Å². The number of hydrogen-bond acceptors (Lipinski definition) is 5. The lowest BCUT2D eigenvalue weighted by Crippen LogP contribution is -2.25. The first kappa shape index (κ1) is 15.0. The van der Waals surface area contributed by atoms with E-state index >= 15 is 0 Å². The van der Waals surface area contributed by atoms with E-state index in [-0.39, 0.29) is 6.04 Å². The summed E-state index contributed by atoms with van der Waals surface area (Å²) in [5, 5.41) is 15.9. The SMILES string of the molecule is CCCNC(Cc1nnn(C)n1)c1ccccc1SC. The quantitative estimate of drug-likeness (QED) is 0.793. The number of benzene rings is 1. The van der Waals surface area contributed by atoms with Crippen molar-refractivity contribution in [3.05, 3.63) is 35.7 Å². The third kappa shape index (κ3) is 3.80. The van der Waals surface area contributed by atoms with Crippen LogP contribution in [0.2, 0.25) is 0 Å². The first-order valence-corrected chi connectivity index (χ1v) is 8.06. The van der Waals surface area contributed by atoms with Crippen molar-refractivity contribution >= 4 is 11.8 Å². The van der Waals surface area contributed by atoms with Gasteiger partial charge < -0.3 is 5.32 Å². The van der Waals surface area contributed by atoms with E-state index in [9.17, 15) is 0 Å². The molecule has 0 radical (unpaired) electrons. The van der Waals surface area contributed by atoms with Crippen molar-refractivity contribution in [2.24, 2.45) is 7.05 Å². The Hall–Kier alpha value is -1.40. The van der Waals surface area contributed by atoms with Crippen LogP contribution in [0.15, 0.2) is 29.2 Å². The number of nitrogens with one attached hydrogen (secondary N) is 1. The molecule has 1 N–H and O–H groups in total. The Morgan fingerprint density at radius 1 is 1.35 bits per heavy atom. The molecule has 1 aromatic heterocycles. The van der Waals surface area contributed by atoms with Crippen molar-refractivity contribution in [2.75, 3.05) is 12.8 Å². The van der Waals surface area contributed by atoms with Gasteiger partial charge in [0.15, 0.2) is 5.82 Å². The third-order valence-electron chi connectivity index (χ3n) is 3.09. The van der Waals surface area contributed by atoms with Crippen molar-refractivity contribution in [1.82, 2.24) is 25.5 Å². The number of aromatic nitrogens is 4. The Bertz CT molecular complexity index is 540. The predicted molar refractivity (Wildman–Crippen MR) is 81.8 cm³/mol. The molecule has 1 unspecified atom stereocenters. The fourth-order valence-corrected chi connectivity index (χ4v) is 2.81. The molecule has 1 aromatic carbocycles. The standard InChI is InChI=1S/C14H21N5S/c1-4-9-15-12(10-14-16-18-19(2)17-14)11-7-5-6-8-13(11)20-3/h5-8,12,15H,4,9-10H2,1-3H3. The van der Waals surface area contributed by atoms with Crippen LogP contribution in [0.3, 0.4) is 0 Å². The smallest absolute Gasteiger partial charge is 0.176 e. The van der Waals surface area contributed by atoms with Gasteiger partial charge in [-0.25, -0.2) is 0 Å². The molecule has 5 nitrogen and oxygen atoms in total. The highest BCUT2D eigenvalue weighted by Gasteiger charge is 2.17. The maximum absolute atomic E-state index is 4.29. The van der Waals surface area contributed by atoms with Gasteiger partial charge in [-0.2, -0.15) is 4.80 Å². The van der Waals surface area contributed by atoms with Gasteiger partial charge in [-0.3, -0.25) is 0 Å². The Morgan fingerprint density at radius 3 is 2.80 bits per heavy atom. The van der Waals surface area contributed by atoms with E-state index < -0.39 is 0 Å². The second-order valence-electron chi connectivity index (χ2n) is 4.65. The molecule has 0 bridgehead atoms. The maximum Gasteiger partial charge on any atom is 0.176 e. The van der Waals surface area contributed by atoms with E-state index in [1.807, 2.05) is 0 Å². The molecule has 6 heteroatoms.